The first-order valence-corrected chi connectivity index (χ1v) is 6.82. The van der Waals surface area contributed by atoms with Crippen molar-refractivity contribution in [1.82, 2.24) is 10.5 Å². The van der Waals surface area contributed by atoms with Gasteiger partial charge in [-0.05, 0) is 32.0 Å². The van der Waals surface area contributed by atoms with E-state index in [0.717, 1.165) is 17.1 Å². The van der Waals surface area contributed by atoms with Crippen LogP contribution in [0, 0.1) is 6.92 Å². The van der Waals surface area contributed by atoms with Crippen molar-refractivity contribution >= 4 is 17.3 Å². The van der Waals surface area contributed by atoms with Crippen LogP contribution >= 0.6 is 0 Å². The summed E-state index contributed by atoms with van der Waals surface area (Å²) in [6, 6.07) is 7.12. The van der Waals surface area contributed by atoms with Crippen molar-refractivity contribution in [2.75, 3.05) is 24.2 Å². The largest absolute Gasteiger partial charge is 0.397 e. The summed E-state index contributed by atoms with van der Waals surface area (Å²) in [6.07, 6.45) is 0. The predicted molar refractivity (Wildman–Crippen MR) is 82.2 cm³/mol. The molecule has 2 aromatic rings. The van der Waals surface area contributed by atoms with Crippen LogP contribution in [0.25, 0.3) is 0 Å². The molecule has 0 aliphatic heterocycles. The number of nitrogens with one attached hydrogen (secondary N) is 1. The molecule has 0 saturated carbocycles. The van der Waals surface area contributed by atoms with E-state index in [1.807, 2.05) is 31.9 Å². The predicted octanol–water partition coefficient (Wildman–Crippen LogP) is 1.95. The Hall–Kier alpha value is -2.50. The van der Waals surface area contributed by atoms with E-state index < -0.39 is 0 Å². The van der Waals surface area contributed by atoms with E-state index in [-0.39, 0.29) is 5.91 Å². The van der Waals surface area contributed by atoms with Crippen LogP contribution in [0.4, 0.5) is 11.4 Å². The minimum Gasteiger partial charge on any atom is -0.397 e. The standard InChI is InChI=1S/C15H20N4O2/c1-4-17-15(20)11-5-6-13(16)14(8-11)19(3)9-12-7-10(2)21-18-12/h5-8H,4,9,16H2,1-3H3,(H,17,20). The lowest BCUT2D eigenvalue weighted by Crippen LogP contribution is -2.24. The van der Waals surface area contributed by atoms with Crippen molar-refractivity contribution in [2.24, 2.45) is 0 Å². The van der Waals surface area contributed by atoms with Crippen LogP contribution < -0.4 is 16.0 Å². The third-order valence-corrected chi connectivity index (χ3v) is 3.12. The average molecular weight is 288 g/mol. The number of nitrogen functional groups attached to an aromatic ring is 1. The van der Waals surface area contributed by atoms with E-state index in [1.54, 1.807) is 18.2 Å². The zero-order valence-corrected chi connectivity index (χ0v) is 12.5. The Labute approximate surface area is 123 Å². The zero-order chi connectivity index (χ0) is 15.4. The second kappa shape index (κ2) is 6.30. The van der Waals surface area contributed by atoms with Gasteiger partial charge in [-0.25, -0.2) is 0 Å². The fourth-order valence-corrected chi connectivity index (χ4v) is 2.10. The molecule has 1 amide bonds. The van der Waals surface area contributed by atoms with Gasteiger partial charge in [0.1, 0.15) is 11.5 Å². The van der Waals surface area contributed by atoms with Crippen molar-refractivity contribution in [2.45, 2.75) is 20.4 Å². The van der Waals surface area contributed by atoms with Gasteiger partial charge in [0.05, 0.1) is 17.9 Å². The SMILES string of the molecule is CCNC(=O)c1ccc(N)c(N(C)Cc2cc(C)on2)c1. The smallest absolute Gasteiger partial charge is 0.251 e. The van der Waals surface area contributed by atoms with E-state index in [0.29, 0.717) is 24.3 Å². The Bertz CT molecular complexity index is 636. The van der Waals surface area contributed by atoms with Crippen LogP contribution in [-0.2, 0) is 6.54 Å². The highest BCUT2D eigenvalue weighted by Crippen LogP contribution is 2.25. The Morgan fingerprint density at radius 3 is 2.81 bits per heavy atom. The fourth-order valence-electron chi connectivity index (χ4n) is 2.10. The molecule has 6 nitrogen and oxygen atoms in total. The molecule has 1 heterocycles. The van der Waals surface area contributed by atoms with Gasteiger partial charge in [-0.15, -0.1) is 0 Å². The van der Waals surface area contributed by atoms with E-state index in [1.165, 1.54) is 0 Å². The summed E-state index contributed by atoms with van der Waals surface area (Å²) < 4.78 is 5.05. The Morgan fingerprint density at radius 1 is 1.43 bits per heavy atom. The minimum atomic E-state index is -0.107. The second-order valence-corrected chi connectivity index (χ2v) is 4.92. The third kappa shape index (κ3) is 3.53. The molecule has 21 heavy (non-hydrogen) atoms. The number of carbonyl (C=O) groups is 1. The quantitative estimate of drug-likeness (QED) is 0.821. The Kier molecular flexibility index (Phi) is 4.47. The van der Waals surface area contributed by atoms with Crippen LogP contribution in [0.15, 0.2) is 28.8 Å². The Balaban J connectivity index is 2.21. The minimum absolute atomic E-state index is 0.107. The van der Waals surface area contributed by atoms with E-state index >= 15 is 0 Å². The lowest BCUT2D eigenvalue weighted by Gasteiger charge is -2.20. The molecule has 2 rings (SSSR count). The molecule has 0 fully saturated rings. The monoisotopic (exact) mass is 288 g/mol. The molecule has 0 unspecified atom stereocenters. The molecular weight excluding hydrogens is 268 g/mol. The van der Waals surface area contributed by atoms with E-state index in [4.69, 9.17) is 10.3 Å². The molecule has 0 atom stereocenters. The van der Waals surface area contributed by atoms with Gasteiger partial charge in [0.25, 0.3) is 5.91 Å². The number of aryl methyl sites for hydroxylation is 1. The van der Waals surface area contributed by atoms with Crippen LogP contribution in [0.2, 0.25) is 0 Å². The van der Waals surface area contributed by atoms with Crippen LogP contribution in [0.5, 0.6) is 0 Å². The number of carbonyl (C=O) groups excluding carboxylic acids is 1. The number of aromatic nitrogens is 1. The second-order valence-electron chi connectivity index (χ2n) is 4.92. The van der Waals surface area contributed by atoms with Gasteiger partial charge in [-0.2, -0.15) is 0 Å². The lowest BCUT2D eigenvalue weighted by molar-refractivity contribution is 0.0956. The van der Waals surface area contributed by atoms with Crippen molar-refractivity contribution < 1.29 is 9.32 Å². The Morgan fingerprint density at radius 2 is 2.19 bits per heavy atom. The van der Waals surface area contributed by atoms with Gasteiger partial charge in [-0.3, -0.25) is 4.79 Å². The normalized spacial score (nSPS) is 10.4. The lowest BCUT2D eigenvalue weighted by atomic mass is 10.1. The van der Waals surface area contributed by atoms with Crippen molar-refractivity contribution in [1.29, 1.82) is 0 Å². The first-order chi connectivity index (χ1) is 10.0. The van der Waals surface area contributed by atoms with E-state index in [9.17, 15) is 4.79 Å². The molecule has 0 bridgehead atoms. The summed E-state index contributed by atoms with van der Waals surface area (Å²) in [5.41, 5.74) is 8.82. The topological polar surface area (TPSA) is 84.4 Å². The van der Waals surface area contributed by atoms with Gasteiger partial charge >= 0.3 is 0 Å². The maximum absolute atomic E-state index is 11.9. The summed E-state index contributed by atoms with van der Waals surface area (Å²) in [4.78, 5) is 13.8. The van der Waals surface area contributed by atoms with Gasteiger partial charge in [0.2, 0.25) is 0 Å². The van der Waals surface area contributed by atoms with Crippen LogP contribution in [-0.4, -0.2) is 24.7 Å². The molecule has 1 aromatic heterocycles. The zero-order valence-electron chi connectivity index (χ0n) is 12.5. The number of hydrogen-bond donors (Lipinski definition) is 2. The summed E-state index contributed by atoms with van der Waals surface area (Å²) in [5, 5.41) is 6.74. The summed E-state index contributed by atoms with van der Waals surface area (Å²) in [5.74, 6) is 0.659. The first kappa shape index (κ1) is 14.9. The molecular formula is C15H20N4O2. The van der Waals surface area contributed by atoms with Gasteiger partial charge in [-0.1, -0.05) is 5.16 Å². The number of nitrogens with zero attached hydrogens (tertiary/aromatic N) is 2. The average Bonchev–Trinajstić information content (AvgIpc) is 2.84. The van der Waals surface area contributed by atoms with E-state index in [2.05, 4.69) is 10.5 Å². The number of anilines is 2. The molecule has 112 valence electrons. The fraction of sp³-hybridized carbons (Fsp3) is 0.333. The molecule has 6 heteroatoms. The number of amides is 1. The maximum atomic E-state index is 11.9. The highest BCUT2D eigenvalue weighted by molar-refractivity contribution is 5.96. The third-order valence-electron chi connectivity index (χ3n) is 3.12. The van der Waals surface area contributed by atoms with Crippen LogP contribution in [0.1, 0.15) is 28.7 Å². The van der Waals surface area contributed by atoms with Gasteiger partial charge in [0, 0.05) is 25.2 Å². The highest BCUT2D eigenvalue weighted by Gasteiger charge is 2.12. The summed E-state index contributed by atoms with van der Waals surface area (Å²) in [6.45, 7) is 4.88. The summed E-state index contributed by atoms with van der Waals surface area (Å²) >= 11 is 0. The highest BCUT2D eigenvalue weighted by atomic mass is 16.5. The first-order valence-electron chi connectivity index (χ1n) is 6.82. The molecule has 0 radical (unpaired) electrons. The van der Waals surface area contributed by atoms with Crippen molar-refractivity contribution in [3.63, 3.8) is 0 Å². The molecule has 1 aromatic carbocycles. The molecule has 3 N–H and O–H groups in total. The van der Waals surface area contributed by atoms with Crippen molar-refractivity contribution in [3.8, 4) is 0 Å². The number of hydrogen-bond acceptors (Lipinski definition) is 5. The maximum Gasteiger partial charge on any atom is 0.251 e. The summed E-state index contributed by atoms with van der Waals surface area (Å²) in [7, 11) is 1.90. The molecule has 0 spiro atoms. The number of rotatable bonds is 5. The molecule has 0 saturated heterocycles. The molecule has 0 aliphatic carbocycles. The van der Waals surface area contributed by atoms with Crippen molar-refractivity contribution in [3.05, 3.63) is 41.3 Å². The number of nitrogens with two attached hydrogens (primary N) is 1. The number of benzene rings is 1. The van der Waals surface area contributed by atoms with Crippen LogP contribution in [0.3, 0.4) is 0 Å². The van der Waals surface area contributed by atoms with Gasteiger partial charge in [0.15, 0.2) is 0 Å². The molecule has 0 aliphatic rings. The van der Waals surface area contributed by atoms with Gasteiger partial charge < -0.3 is 20.5 Å².